The molecule has 0 unspecified atom stereocenters. The van der Waals surface area contributed by atoms with Crippen molar-refractivity contribution in [3.8, 4) is 5.75 Å². The fraction of sp³-hybridized carbons (Fsp3) is 0.167. The summed E-state index contributed by atoms with van der Waals surface area (Å²) in [5.74, 6) is -2.26. The van der Waals surface area contributed by atoms with E-state index in [1.807, 2.05) is 0 Å². The molecule has 0 heterocycles. The van der Waals surface area contributed by atoms with Crippen LogP contribution in [0.2, 0.25) is 0 Å². The van der Waals surface area contributed by atoms with Gasteiger partial charge in [-0.25, -0.2) is 9.18 Å². The van der Waals surface area contributed by atoms with Gasteiger partial charge in [0.1, 0.15) is 11.6 Å². The average molecular weight is 345 g/mol. The number of rotatable bonds is 6. The fourth-order valence-corrected chi connectivity index (χ4v) is 2.01. The summed E-state index contributed by atoms with van der Waals surface area (Å²) >= 11 is 0. The number of methoxy groups -OCH3 is 1. The van der Waals surface area contributed by atoms with Gasteiger partial charge in [0.05, 0.1) is 12.7 Å². The quantitative estimate of drug-likeness (QED) is 0.643. The van der Waals surface area contributed by atoms with Crippen LogP contribution in [-0.2, 0) is 9.53 Å². The Morgan fingerprint density at radius 2 is 1.88 bits per heavy atom. The van der Waals surface area contributed by atoms with Crippen LogP contribution in [0.25, 0.3) is 0 Å². The SMILES string of the molecule is COc1ccc(C(=O)OCC(=O)Nc2cccc(C(C)=O)c2)c(F)c1. The van der Waals surface area contributed by atoms with Crippen molar-refractivity contribution in [2.75, 3.05) is 19.0 Å². The van der Waals surface area contributed by atoms with Crippen LogP contribution in [0, 0.1) is 5.82 Å². The normalized spacial score (nSPS) is 10.0. The first-order valence-electron chi connectivity index (χ1n) is 7.32. The Balaban J connectivity index is 1.94. The number of amides is 1. The molecule has 0 bridgehead atoms. The zero-order chi connectivity index (χ0) is 18.4. The topological polar surface area (TPSA) is 81.7 Å². The zero-order valence-electron chi connectivity index (χ0n) is 13.7. The third kappa shape index (κ3) is 4.87. The molecular formula is C18H16FNO5. The molecule has 2 aromatic rings. The Morgan fingerprint density at radius 3 is 2.52 bits per heavy atom. The van der Waals surface area contributed by atoms with Crippen LogP contribution in [0.1, 0.15) is 27.6 Å². The highest BCUT2D eigenvalue weighted by Crippen LogP contribution is 2.17. The van der Waals surface area contributed by atoms with Gasteiger partial charge in [-0.2, -0.15) is 0 Å². The van der Waals surface area contributed by atoms with Crippen molar-refractivity contribution in [2.24, 2.45) is 0 Å². The number of ether oxygens (including phenoxy) is 2. The summed E-state index contributed by atoms with van der Waals surface area (Å²) in [6.45, 7) is 0.820. The van der Waals surface area contributed by atoms with E-state index in [1.54, 1.807) is 18.2 Å². The number of hydrogen-bond donors (Lipinski definition) is 1. The Bertz CT molecular complexity index is 819. The summed E-state index contributed by atoms with van der Waals surface area (Å²) in [6.07, 6.45) is 0. The molecule has 1 N–H and O–H groups in total. The second kappa shape index (κ2) is 8.05. The van der Waals surface area contributed by atoms with E-state index in [2.05, 4.69) is 5.32 Å². The molecule has 0 radical (unpaired) electrons. The molecule has 1 amide bonds. The lowest BCUT2D eigenvalue weighted by Crippen LogP contribution is -2.21. The Kier molecular flexibility index (Phi) is 5.84. The van der Waals surface area contributed by atoms with Crippen LogP contribution >= 0.6 is 0 Å². The van der Waals surface area contributed by atoms with Crippen molar-refractivity contribution >= 4 is 23.3 Å². The molecule has 0 saturated heterocycles. The molecule has 25 heavy (non-hydrogen) atoms. The van der Waals surface area contributed by atoms with E-state index in [0.29, 0.717) is 11.3 Å². The summed E-state index contributed by atoms with van der Waals surface area (Å²) in [6, 6.07) is 10.00. The summed E-state index contributed by atoms with van der Waals surface area (Å²) in [7, 11) is 1.37. The van der Waals surface area contributed by atoms with Crippen molar-refractivity contribution in [1.82, 2.24) is 0 Å². The molecule has 0 aliphatic heterocycles. The molecule has 2 rings (SSSR count). The highest BCUT2D eigenvalue weighted by atomic mass is 19.1. The van der Waals surface area contributed by atoms with Gasteiger partial charge in [-0.3, -0.25) is 9.59 Å². The van der Waals surface area contributed by atoms with E-state index in [1.165, 1.54) is 32.2 Å². The van der Waals surface area contributed by atoms with Crippen molar-refractivity contribution in [1.29, 1.82) is 0 Å². The first-order chi connectivity index (χ1) is 11.9. The number of hydrogen-bond acceptors (Lipinski definition) is 5. The van der Waals surface area contributed by atoms with Crippen molar-refractivity contribution in [3.63, 3.8) is 0 Å². The summed E-state index contributed by atoms with van der Waals surface area (Å²) in [4.78, 5) is 35.0. The predicted molar refractivity (Wildman–Crippen MR) is 88.3 cm³/mol. The maximum absolute atomic E-state index is 13.8. The molecule has 2 aromatic carbocycles. The third-order valence-corrected chi connectivity index (χ3v) is 3.28. The monoisotopic (exact) mass is 345 g/mol. The molecule has 0 aromatic heterocycles. The number of nitrogens with one attached hydrogen (secondary N) is 1. The van der Waals surface area contributed by atoms with E-state index < -0.39 is 24.3 Å². The number of halogens is 1. The van der Waals surface area contributed by atoms with Crippen LogP contribution in [0.15, 0.2) is 42.5 Å². The summed E-state index contributed by atoms with van der Waals surface area (Å²) in [5, 5.41) is 2.49. The second-order valence-electron chi connectivity index (χ2n) is 5.11. The molecule has 130 valence electrons. The van der Waals surface area contributed by atoms with Gasteiger partial charge in [0.2, 0.25) is 0 Å². The highest BCUT2D eigenvalue weighted by Gasteiger charge is 2.16. The average Bonchev–Trinajstić information content (AvgIpc) is 2.59. The Hall–Kier alpha value is -3.22. The van der Waals surface area contributed by atoms with Gasteiger partial charge >= 0.3 is 5.97 Å². The standard InChI is InChI=1S/C18H16FNO5/c1-11(21)12-4-3-5-13(8-12)20-17(22)10-25-18(23)15-7-6-14(24-2)9-16(15)19/h3-9H,10H2,1-2H3,(H,20,22). The van der Waals surface area contributed by atoms with Crippen molar-refractivity contribution in [2.45, 2.75) is 6.92 Å². The van der Waals surface area contributed by atoms with Crippen LogP contribution < -0.4 is 10.1 Å². The van der Waals surface area contributed by atoms with E-state index in [4.69, 9.17) is 9.47 Å². The van der Waals surface area contributed by atoms with E-state index in [0.717, 1.165) is 6.07 Å². The van der Waals surface area contributed by atoms with Crippen molar-refractivity contribution < 1.29 is 28.2 Å². The number of anilines is 1. The third-order valence-electron chi connectivity index (χ3n) is 3.28. The maximum atomic E-state index is 13.8. The lowest BCUT2D eigenvalue weighted by molar-refractivity contribution is -0.119. The van der Waals surface area contributed by atoms with E-state index in [-0.39, 0.29) is 17.1 Å². The minimum atomic E-state index is -0.965. The van der Waals surface area contributed by atoms with Gasteiger partial charge < -0.3 is 14.8 Å². The van der Waals surface area contributed by atoms with Gasteiger partial charge in [0.25, 0.3) is 5.91 Å². The number of esters is 1. The lowest BCUT2D eigenvalue weighted by atomic mass is 10.1. The number of benzene rings is 2. The largest absolute Gasteiger partial charge is 0.497 e. The Morgan fingerprint density at radius 1 is 1.12 bits per heavy atom. The number of carbonyl (C=O) groups excluding carboxylic acids is 3. The molecule has 0 fully saturated rings. The molecule has 0 aliphatic carbocycles. The second-order valence-corrected chi connectivity index (χ2v) is 5.11. The molecule has 0 saturated carbocycles. The lowest BCUT2D eigenvalue weighted by Gasteiger charge is -2.08. The first-order valence-corrected chi connectivity index (χ1v) is 7.32. The summed E-state index contributed by atoms with van der Waals surface area (Å²) < 4.78 is 23.4. The maximum Gasteiger partial charge on any atom is 0.341 e. The minimum Gasteiger partial charge on any atom is -0.497 e. The van der Waals surface area contributed by atoms with Gasteiger partial charge in [-0.1, -0.05) is 12.1 Å². The highest BCUT2D eigenvalue weighted by molar-refractivity contribution is 5.98. The van der Waals surface area contributed by atoms with Gasteiger partial charge in [0.15, 0.2) is 12.4 Å². The van der Waals surface area contributed by atoms with Crippen LogP contribution in [0.5, 0.6) is 5.75 Å². The predicted octanol–water partition coefficient (Wildman–Crippen LogP) is 2.83. The molecule has 7 heteroatoms. The fourth-order valence-electron chi connectivity index (χ4n) is 2.01. The molecular weight excluding hydrogens is 329 g/mol. The molecule has 0 aliphatic rings. The first kappa shape index (κ1) is 18.1. The van der Waals surface area contributed by atoms with Crippen LogP contribution in [-0.4, -0.2) is 31.4 Å². The number of ketones is 1. The van der Waals surface area contributed by atoms with Crippen LogP contribution in [0.3, 0.4) is 0 Å². The van der Waals surface area contributed by atoms with Crippen LogP contribution in [0.4, 0.5) is 10.1 Å². The van der Waals surface area contributed by atoms with Gasteiger partial charge in [-0.15, -0.1) is 0 Å². The molecule has 6 nitrogen and oxygen atoms in total. The van der Waals surface area contributed by atoms with E-state index in [9.17, 15) is 18.8 Å². The molecule has 0 atom stereocenters. The minimum absolute atomic E-state index is 0.141. The molecule has 0 spiro atoms. The number of carbonyl (C=O) groups is 3. The smallest absolute Gasteiger partial charge is 0.341 e. The zero-order valence-corrected chi connectivity index (χ0v) is 13.7. The van der Waals surface area contributed by atoms with Gasteiger partial charge in [0, 0.05) is 17.3 Å². The summed E-state index contributed by atoms with van der Waals surface area (Å²) in [5.41, 5.74) is 0.534. The number of Topliss-reactive ketones (excluding diaryl/α,β-unsaturated/α-hetero) is 1. The van der Waals surface area contributed by atoms with E-state index >= 15 is 0 Å². The van der Waals surface area contributed by atoms with Crippen molar-refractivity contribution in [3.05, 3.63) is 59.4 Å². The Labute approximate surface area is 143 Å². The van der Waals surface area contributed by atoms with Gasteiger partial charge in [-0.05, 0) is 31.2 Å².